The molecule has 0 aliphatic heterocycles. The molecule has 26 heavy (non-hydrogen) atoms. The number of nitrogens with zero attached hydrogens (tertiary/aromatic N) is 4. The molecule has 8 heteroatoms. The van der Waals surface area contributed by atoms with Crippen LogP contribution in [0.3, 0.4) is 0 Å². The third-order valence-corrected chi connectivity index (χ3v) is 4.37. The number of aromatic nitrogens is 4. The maximum atomic E-state index is 12.7. The molecule has 136 valence electrons. The van der Waals surface area contributed by atoms with Crippen molar-refractivity contribution in [3.8, 4) is 0 Å². The van der Waals surface area contributed by atoms with Crippen molar-refractivity contribution in [2.24, 2.45) is 14.1 Å². The van der Waals surface area contributed by atoms with Crippen molar-refractivity contribution in [3.05, 3.63) is 61.8 Å². The van der Waals surface area contributed by atoms with Crippen LogP contribution in [-0.2, 0) is 20.6 Å². The molecule has 2 aromatic heterocycles. The van der Waals surface area contributed by atoms with E-state index >= 15 is 0 Å². The molecular formula is C18H20ClN5O2. The lowest BCUT2D eigenvalue weighted by Gasteiger charge is -2.09. The largest absolute Gasteiger partial charge is 0.332 e. The van der Waals surface area contributed by atoms with Gasteiger partial charge in [-0.15, -0.1) is 0 Å². The van der Waals surface area contributed by atoms with E-state index in [2.05, 4.69) is 10.3 Å². The molecule has 0 bridgehead atoms. The highest BCUT2D eigenvalue weighted by Crippen LogP contribution is 2.21. The van der Waals surface area contributed by atoms with Gasteiger partial charge in [-0.3, -0.25) is 13.9 Å². The zero-order valence-corrected chi connectivity index (χ0v) is 15.8. The number of allylic oxidation sites excluding steroid dienone is 2. The Bertz CT molecular complexity index is 1120. The Kier molecular flexibility index (Phi) is 4.73. The van der Waals surface area contributed by atoms with Gasteiger partial charge >= 0.3 is 5.69 Å². The molecule has 0 aliphatic rings. The van der Waals surface area contributed by atoms with Gasteiger partial charge in [0.25, 0.3) is 5.56 Å². The fraction of sp³-hybridized carbons (Fsp3) is 0.278. The van der Waals surface area contributed by atoms with Crippen LogP contribution in [-0.4, -0.2) is 18.7 Å². The molecule has 3 rings (SSSR count). The second-order valence-corrected chi connectivity index (χ2v) is 6.80. The first-order valence-electron chi connectivity index (χ1n) is 8.12. The van der Waals surface area contributed by atoms with Crippen LogP contribution in [0.1, 0.15) is 12.5 Å². The lowest BCUT2D eigenvalue weighted by molar-refractivity contribution is 0.703. The normalized spacial score (nSPS) is 12.0. The Morgan fingerprint density at radius 3 is 2.46 bits per heavy atom. The van der Waals surface area contributed by atoms with Gasteiger partial charge in [-0.05, 0) is 26.0 Å². The number of hydrogen-bond donors (Lipinski definition) is 1. The number of benzene rings is 1. The Labute approximate surface area is 155 Å². The maximum absolute atomic E-state index is 12.7. The summed E-state index contributed by atoms with van der Waals surface area (Å²) in [4.78, 5) is 29.4. The number of halogens is 1. The van der Waals surface area contributed by atoms with E-state index in [-0.39, 0.29) is 0 Å². The van der Waals surface area contributed by atoms with Gasteiger partial charge in [0.1, 0.15) is 0 Å². The molecule has 0 saturated carbocycles. The summed E-state index contributed by atoms with van der Waals surface area (Å²) in [5.74, 6) is 0.469. The van der Waals surface area contributed by atoms with E-state index in [0.717, 1.165) is 15.8 Å². The fourth-order valence-electron chi connectivity index (χ4n) is 2.70. The summed E-state index contributed by atoms with van der Waals surface area (Å²) in [6, 6.07) is 7.82. The molecule has 0 aliphatic carbocycles. The van der Waals surface area contributed by atoms with Crippen molar-refractivity contribution < 1.29 is 0 Å². The summed E-state index contributed by atoms with van der Waals surface area (Å²) in [6.07, 6.45) is 1.79. The highest BCUT2D eigenvalue weighted by molar-refractivity contribution is 6.29. The molecule has 1 N–H and O–H groups in total. The molecule has 1 aromatic carbocycles. The number of aryl methyl sites for hydroxylation is 2. The van der Waals surface area contributed by atoms with Gasteiger partial charge in [-0.2, -0.15) is 4.98 Å². The van der Waals surface area contributed by atoms with Gasteiger partial charge < -0.3 is 9.88 Å². The first-order chi connectivity index (χ1) is 12.3. The lowest BCUT2D eigenvalue weighted by Crippen LogP contribution is -2.37. The van der Waals surface area contributed by atoms with E-state index in [9.17, 15) is 9.59 Å². The molecule has 0 fully saturated rings. The van der Waals surface area contributed by atoms with Gasteiger partial charge in [0.15, 0.2) is 11.2 Å². The quantitative estimate of drug-likeness (QED) is 0.763. The minimum Gasteiger partial charge on any atom is -0.326 e. The standard InChI is InChI=1S/C18H20ClN5O2/c1-11-5-7-13(8-6-11)20-17-21-15-14(24(17)10-9-12(2)19)16(25)23(4)18(26)22(15)3/h5-9H,10H2,1-4H3,(H,20,21)/b12-9-. The summed E-state index contributed by atoms with van der Waals surface area (Å²) in [6.45, 7) is 4.13. The van der Waals surface area contributed by atoms with Crippen LogP contribution in [0.2, 0.25) is 0 Å². The fourth-order valence-corrected chi connectivity index (χ4v) is 2.77. The van der Waals surface area contributed by atoms with Gasteiger partial charge in [0.2, 0.25) is 5.95 Å². The zero-order chi connectivity index (χ0) is 19.0. The van der Waals surface area contributed by atoms with Crippen molar-refractivity contribution in [3.63, 3.8) is 0 Å². The highest BCUT2D eigenvalue weighted by Gasteiger charge is 2.18. The SMILES string of the molecule is C/C(Cl)=C/Cn1c(Nc2ccc(C)cc2)nc2c1c(=O)n(C)c(=O)n2C. The molecule has 0 saturated heterocycles. The van der Waals surface area contributed by atoms with Crippen molar-refractivity contribution in [1.82, 2.24) is 18.7 Å². The van der Waals surface area contributed by atoms with E-state index in [1.54, 1.807) is 24.6 Å². The lowest BCUT2D eigenvalue weighted by atomic mass is 10.2. The number of hydrogen-bond acceptors (Lipinski definition) is 4. The zero-order valence-electron chi connectivity index (χ0n) is 15.1. The Balaban J connectivity index is 2.25. The van der Waals surface area contributed by atoms with E-state index in [4.69, 9.17) is 11.6 Å². The number of nitrogens with one attached hydrogen (secondary N) is 1. The Morgan fingerprint density at radius 1 is 1.19 bits per heavy atom. The highest BCUT2D eigenvalue weighted by atomic mass is 35.5. The van der Waals surface area contributed by atoms with Crippen LogP contribution in [0.4, 0.5) is 11.6 Å². The second kappa shape index (κ2) is 6.84. The molecule has 0 atom stereocenters. The summed E-state index contributed by atoms with van der Waals surface area (Å²) in [7, 11) is 3.05. The van der Waals surface area contributed by atoms with Crippen LogP contribution < -0.4 is 16.6 Å². The summed E-state index contributed by atoms with van der Waals surface area (Å²) in [5.41, 5.74) is 1.83. The summed E-state index contributed by atoms with van der Waals surface area (Å²) >= 11 is 5.97. The predicted octanol–water partition coefficient (Wildman–Crippen LogP) is 2.63. The van der Waals surface area contributed by atoms with E-state index < -0.39 is 11.2 Å². The number of anilines is 2. The van der Waals surface area contributed by atoms with Crippen LogP contribution in [0.25, 0.3) is 11.2 Å². The summed E-state index contributed by atoms with van der Waals surface area (Å²) in [5, 5.41) is 3.83. The number of imidazole rings is 1. The molecule has 2 heterocycles. The number of fused-ring (bicyclic) bond motifs is 1. The van der Waals surface area contributed by atoms with Gasteiger partial charge in [-0.25, -0.2) is 4.79 Å². The maximum Gasteiger partial charge on any atom is 0.332 e. The Morgan fingerprint density at radius 2 is 1.85 bits per heavy atom. The minimum atomic E-state index is -0.418. The van der Waals surface area contributed by atoms with E-state index in [1.165, 1.54) is 11.6 Å². The van der Waals surface area contributed by atoms with E-state index in [0.29, 0.717) is 28.7 Å². The molecule has 0 unspecified atom stereocenters. The Hall–Kier alpha value is -2.80. The smallest absolute Gasteiger partial charge is 0.326 e. The third-order valence-electron chi connectivity index (χ3n) is 4.21. The average molecular weight is 374 g/mol. The first-order valence-corrected chi connectivity index (χ1v) is 8.49. The molecule has 3 aromatic rings. The number of rotatable bonds is 4. The van der Waals surface area contributed by atoms with Crippen LogP contribution in [0.5, 0.6) is 0 Å². The van der Waals surface area contributed by atoms with Gasteiger partial charge in [0.05, 0.1) is 0 Å². The molecule has 0 spiro atoms. The van der Waals surface area contributed by atoms with Crippen LogP contribution >= 0.6 is 11.6 Å². The van der Waals surface area contributed by atoms with Crippen molar-refractivity contribution >= 4 is 34.4 Å². The molecule has 0 radical (unpaired) electrons. The molecule has 7 nitrogen and oxygen atoms in total. The van der Waals surface area contributed by atoms with Crippen molar-refractivity contribution in [2.45, 2.75) is 20.4 Å². The summed E-state index contributed by atoms with van der Waals surface area (Å²) < 4.78 is 4.17. The van der Waals surface area contributed by atoms with Crippen LogP contribution in [0, 0.1) is 6.92 Å². The topological polar surface area (TPSA) is 73.8 Å². The second-order valence-electron chi connectivity index (χ2n) is 6.21. The van der Waals surface area contributed by atoms with Crippen LogP contribution in [0.15, 0.2) is 45.0 Å². The van der Waals surface area contributed by atoms with E-state index in [1.807, 2.05) is 31.2 Å². The van der Waals surface area contributed by atoms with Crippen molar-refractivity contribution in [2.75, 3.05) is 5.32 Å². The van der Waals surface area contributed by atoms with Gasteiger partial charge in [-0.1, -0.05) is 35.4 Å². The predicted molar refractivity (Wildman–Crippen MR) is 104 cm³/mol. The molecular weight excluding hydrogens is 354 g/mol. The monoisotopic (exact) mass is 373 g/mol. The third kappa shape index (κ3) is 3.17. The van der Waals surface area contributed by atoms with Crippen molar-refractivity contribution in [1.29, 1.82) is 0 Å². The minimum absolute atomic E-state index is 0.327. The van der Waals surface area contributed by atoms with Gasteiger partial charge in [0, 0.05) is 31.4 Å². The first kappa shape index (κ1) is 18.0. The average Bonchev–Trinajstić information content (AvgIpc) is 2.96. The molecule has 0 amide bonds.